The maximum Gasteiger partial charge on any atom is 0.317 e. The normalized spacial score (nSPS) is 52.9. The van der Waals surface area contributed by atoms with Crippen molar-refractivity contribution in [1.29, 1.82) is 0 Å². The molecule has 29 nitrogen and oxygen atoms in total. The van der Waals surface area contributed by atoms with Crippen molar-refractivity contribution in [3.8, 4) is 0 Å². The molecule has 0 radical (unpaired) electrons. The van der Waals surface area contributed by atoms with E-state index in [1.54, 1.807) is 0 Å². The Morgan fingerprint density at radius 2 is 1.23 bits per heavy atom. The fraction of sp³-hybridized carbons (Fsp3) is 0.931. The topological polar surface area (TPSA) is 459 Å². The van der Waals surface area contributed by atoms with Gasteiger partial charge in [-0.2, -0.15) is 0 Å². The van der Waals surface area contributed by atoms with Crippen molar-refractivity contribution < 1.29 is 143 Å². The van der Waals surface area contributed by atoms with E-state index < -0.39 is 238 Å². The van der Waals surface area contributed by atoms with Crippen LogP contribution in [0.2, 0.25) is 0 Å². The lowest BCUT2D eigenvalue weighted by Gasteiger charge is -2.72. The number of hydrogen-bond acceptors (Lipinski definition) is 29. The van der Waals surface area contributed by atoms with E-state index in [0.717, 1.165) is 12.5 Å². The van der Waals surface area contributed by atoms with Gasteiger partial charge in [-0.25, -0.2) is 0 Å². The van der Waals surface area contributed by atoms with Crippen molar-refractivity contribution in [2.45, 2.75) is 247 Å². The van der Waals surface area contributed by atoms with Crippen molar-refractivity contribution in [3.63, 3.8) is 0 Å². The van der Waals surface area contributed by atoms with Gasteiger partial charge in [-0.1, -0.05) is 46.3 Å². The van der Waals surface area contributed by atoms with Crippen molar-refractivity contribution in [3.05, 3.63) is 11.6 Å². The van der Waals surface area contributed by atoms with Crippen LogP contribution in [0, 0.1) is 50.2 Å². The summed E-state index contributed by atoms with van der Waals surface area (Å²) in [6.45, 7) is 9.01. The monoisotopic (exact) mass is 1250 g/mol. The zero-order chi connectivity index (χ0) is 63.6. The lowest BCUT2D eigenvalue weighted by atomic mass is 9.33. The molecule has 5 heterocycles. The van der Waals surface area contributed by atoms with E-state index in [1.165, 1.54) is 6.92 Å². The van der Waals surface area contributed by atoms with E-state index in [4.69, 9.17) is 52.1 Å². The van der Waals surface area contributed by atoms with Crippen LogP contribution in [0.1, 0.15) is 99.8 Å². The van der Waals surface area contributed by atoms with Gasteiger partial charge in [-0.15, -0.1) is 0 Å². The summed E-state index contributed by atoms with van der Waals surface area (Å²) in [6, 6.07) is 0. The highest BCUT2D eigenvalue weighted by molar-refractivity contribution is 5.80. The first-order valence-electron chi connectivity index (χ1n) is 30.3. The molecule has 31 atom stereocenters. The summed E-state index contributed by atoms with van der Waals surface area (Å²) >= 11 is 0. The quantitative estimate of drug-likeness (QED) is 0.0441. The second kappa shape index (κ2) is 24.5. The highest BCUT2D eigenvalue weighted by atomic mass is 16.8. The van der Waals surface area contributed by atoms with Gasteiger partial charge in [0.1, 0.15) is 78.2 Å². The molecule has 5 aliphatic carbocycles. The standard InChI is InChI=1S/C58H92O29/c1-23-39(82-46-37(71)40(29(65)18-77-46)83-50-43(73)57(76,21-61)22-79-50)41(81-24(2)62)38(72)48(80-23)84-42-33(67)28(64)17-78-49(42)87-51(75)58-13-12-52(3,4)14-26(58)25-8-9-30-53(5)15-27(63)44(85-47-36(70)34(68)35(69)45(74)86-47)56(19-59,20-60)31(53)10-11-54(30,6)55(25,7)16-32(58)66/h8,23,26-50,59-61,63-74,76H,9-22H2,1-7H3/t23-,26-,27-,28-,29+,30+,31+,32+,33-,34-,35-,36+,37+,38+,39-,40-,41-,42+,43-,44-,45-,46-,47+,48-,49-,50-,53+,54+,55+,57+,58+/m0/s1. The summed E-state index contributed by atoms with van der Waals surface area (Å²) in [5.74, 6) is -3.25. The Kier molecular flexibility index (Phi) is 19.1. The summed E-state index contributed by atoms with van der Waals surface area (Å²) in [6.07, 6.45) is -34.3. The van der Waals surface area contributed by atoms with Crippen LogP contribution in [-0.4, -0.2) is 280 Å². The minimum absolute atomic E-state index is 0.0588. The van der Waals surface area contributed by atoms with E-state index in [9.17, 15) is 86.5 Å². The Bertz CT molecular complexity index is 2490. The molecule has 16 N–H and O–H groups in total. The van der Waals surface area contributed by atoms with Crippen LogP contribution in [0.15, 0.2) is 11.6 Å². The van der Waals surface area contributed by atoms with Crippen LogP contribution in [0.4, 0.5) is 0 Å². The lowest BCUT2D eigenvalue weighted by Crippen LogP contribution is -2.71. The van der Waals surface area contributed by atoms with Crippen molar-refractivity contribution in [2.75, 3.05) is 39.6 Å². The number of aliphatic hydroxyl groups excluding tert-OH is 15. The first-order chi connectivity index (χ1) is 40.7. The molecule has 29 heteroatoms. The average Bonchev–Trinajstić information content (AvgIpc) is 1.29. The van der Waals surface area contributed by atoms with Crippen molar-refractivity contribution in [1.82, 2.24) is 0 Å². The van der Waals surface area contributed by atoms with E-state index in [0.29, 0.717) is 32.1 Å². The number of allylic oxidation sites excluding steroid dienone is 2. The molecular formula is C58H92O29. The van der Waals surface area contributed by atoms with E-state index >= 15 is 4.79 Å². The Hall–Kier alpha value is -2.32. The second-order valence-corrected chi connectivity index (χ2v) is 28.1. The van der Waals surface area contributed by atoms with Gasteiger partial charge in [0.2, 0.25) is 6.29 Å². The van der Waals surface area contributed by atoms with Gasteiger partial charge in [-0.3, -0.25) is 9.59 Å². The minimum atomic E-state index is -2.10. The summed E-state index contributed by atoms with van der Waals surface area (Å²) in [7, 11) is 0. The highest BCUT2D eigenvalue weighted by Crippen LogP contribution is 2.76. The number of carbonyl (C=O) groups excluding carboxylic acids is 2. The zero-order valence-corrected chi connectivity index (χ0v) is 50.0. The summed E-state index contributed by atoms with van der Waals surface area (Å²) in [4.78, 5) is 28.2. The Labute approximate surface area is 502 Å². The van der Waals surface area contributed by atoms with Crippen LogP contribution < -0.4 is 0 Å². The molecule has 0 amide bonds. The predicted molar refractivity (Wildman–Crippen MR) is 286 cm³/mol. The number of carbonyl (C=O) groups is 2. The minimum Gasteiger partial charge on any atom is -0.457 e. The fourth-order valence-electron chi connectivity index (χ4n) is 17.5. The molecule has 4 saturated carbocycles. The third-order valence-corrected chi connectivity index (χ3v) is 22.6. The molecule has 5 saturated heterocycles. The molecular weight excluding hydrogens is 1160 g/mol. The Morgan fingerprint density at radius 3 is 1.89 bits per heavy atom. The zero-order valence-electron chi connectivity index (χ0n) is 50.0. The second-order valence-electron chi connectivity index (χ2n) is 28.1. The summed E-state index contributed by atoms with van der Waals surface area (Å²) in [5.41, 5.74) is -7.03. The van der Waals surface area contributed by atoms with Gasteiger partial charge in [0, 0.05) is 12.3 Å². The maximum atomic E-state index is 15.5. The van der Waals surface area contributed by atoms with E-state index in [1.807, 2.05) is 6.92 Å². The third kappa shape index (κ3) is 11.1. The fourth-order valence-corrected chi connectivity index (χ4v) is 17.5. The van der Waals surface area contributed by atoms with Crippen LogP contribution in [0.3, 0.4) is 0 Å². The largest absolute Gasteiger partial charge is 0.457 e. The van der Waals surface area contributed by atoms with Gasteiger partial charge in [0.15, 0.2) is 43.7 Å². The van der Waals surface area contributed by atoms with Gasteiger partial charge >= 0.3 is 11.9 Å². The first-order valence-corrected chi connectivity index (χ1v) is 30.3. The van der Waals surface area contributed by atoms with Gasteiger partial charge in [0.05, 0.1) is 64.1 Å². The van der Waals surface area contributed by atoms with Crippen LogP contribution >= 0.6 is 0 Å². The van der Waals surface area contributed by atoms with Gasteiger partial charge < -0.3 is 134 Å². The van der Waals surface area contributed by atoms with Gasteiger partial charge in [-0.05, 0) is 97.7 Å². The maximum absolute atomic E-state index is 15.5. The van der Waals surface area contributed by atoms with Crippen LogP contribution in [-0.2, 0) is 61.7 Å². The van der Waals surface area contributed by atoms with E-state index in [-0.39, 0.29) is 30.6 Å². The molecule has 10 rings (SSSR count). The molecule has 9 fully saturated rings. The average molecular weight is 1250 g/mol. The molecule has 10 aliphatic rings. The molecule has 498 valence electrons. The third-order valence-electron chi connectivity index (χ3n) is 22.6. The molecule has 0 unspecified atom stereocenters. The highest BCUT2D eigenvalue weighted by Gasteiger charge is 2.74. The lowest BCUT2D eigenvalue weighted by molar-refractivity contribution is -0.373. The van der Waals surface area contributed by atoms with Crippen LogP contribution in [0.25, 0.3) is 0 Å². The summed E-state index contributed by atoms with van der Waals surface area (Å²) < 4.78 is 64.2. The number of esters is 2. The molecule has 0 aromatic rings. The molecule has 0 aromatic heterocycles. The number of fused-ring (bicyclic) bond motifs is 7. The first kappa shape index (κ1) is 67.6. The Morgan fingerprint density at radius 1 is 0.598 bits per heavy atom. The number of ether oxygens (including phenoxy) is 11. The molecule has 87 heavy (non-hydrogen) atoms. The SMILES string of the molecule is CC(=O)O[C@H]1[C@@H](O)[C@H](O[C@H]2[C@H](OC(=O)[C@]34CCC(C)(C)C[C@H]3C3=CC[C@@H]5[C@@]6(C)C[C@H](O)[C@H](O[C@@H]7O[C@H](O)[C@@H](O)[C@H](O)[C@H]7O)C(CO)(CO)[C@@H]6CC[C@@]5(C)[C@]3(C)C[C@H]4O)OC[C@H](O)[C@@H]2O)O[C@@H](C)[C@@H]1O[C@@H]1OC[C@@H](O)[C@H](O[C@@H]2OC[C@](O)(CO)[C@H]2O)[C@H]1O. The molecule has 0 bridgehead atoms. The smallest absolute Gasteiger partial charge is 0.317 e. The molecule has 0 spiro atoms. The number of hydrogen-bond donors (Lipinski definition) is 16. The summed E-state index contributed by atoms with van der Waals surface area (Å²) in [5, 5.41) is 177. The van der Waals surface area contributed by atoms with E-state index in [2.05, 4.69) is 33.8 Å². The van der Waals surface area contributed by atoms with Crippen LogP contribution in [0.5, 0.6) is 0 Å². The predicted octanol–water partition coefficient (Wildman–Crippen LogP) is -4.85. The molecule has 0 aromatic carbocycles. The van der Waals surface area contributed by atoms with Crippen molar-refractivity contribution in [2.24, 2.45) is 50.2 Å². The number of rotatable bonds is 14. The molecule has 5 aliphatic heterocycles. The Balaban J connectivity index is 0.883. The van der Waals surface area contributed by atoms with Gasteiger partial charge in [0.25, 0.3) is 0 Å². The number of aliphatic hydroxyl groups is 16. The van der Waals surface area contributed by atoms with Crippen molar-refractivity contribution >= 4 is 11.9 Å².